The average molecular weight is 674 g/mol. The number of nitrogens with zero attached hydrogens (tertiary/aromatic N) is 3. The van der Waals surface area contributed by atoms with Crippen molar-refractivity contribution < 1.29 is 0 Å². The van der Waals surface area contributed by atoms with Gasteiger partial charge in [0.1, 0.15) is 0 Å². The Morgan fingerprint density at radius 2 is 1.04 bits per heavy atom. The van der Waals surface area contributed by atoms with Crippen LogP contribution in [0.5, 0.6) is 0 Å². The normalized spacial score (nSPS) is 11.8. The molecule has 0 N–H and O–H groups in total. The van der Waals surface area contributed by atoms with E-state index in [4.69, 9.17) is 15.0 Å². The fourth-order valence-corrected chi connectivity index (χ4v) is 8.49. The summed E-state index contributed by atoms with van der Waals surface area (Å²) < 4.78 is 0. The molecule has 3 nitrogen and oxygen atoms in total. The van der Waals surface area contributed by atoms with Crippen molar-refractivity contribution in [2.24, 2.45) is 0 Å². The van der Waals surface area contributed by atoms with E-state index in [1.54, 1.807) is 0 Å². The average Bonchev–Trinajstić information content (AvgIpc) is 3.23. The van der Waals surface area contributed by atoms with Gasteiger partial charge in [0.2, 0.25) is 0 Å². The topological polar surface area (TPSA) is 38.7 Å². The number of para-hydroxylation sites is 1. The Morgan fingerprint density at radius 1 is 0.396 bits per heavy atom. The SMILES string of the molecule is c1ccc(-c2c3ccccc3c(Cc3nc4ccccc4c4cnc5c(ccc6ccc(-c7ccc8ccccc8c7)nc65)c34)c3ccccc23)cc1. The first-order valence-corrected chi connectivity index (χ1v) is 18.2. The van der Waals surface area contributed by atoms with Crippen LogP contribution in [0, 0.1) is 0 Å². The molecular weight excluding hydrogens is 643 g/mol. The predicted octanol–water partition coefficient (Wildman–Crippen LogP) is 12.9. The second-order valence-electron chi connectivity index (χ2n) is 13.9. The van der Waals surface area contributed by atoms with Crippen molar-refractivity contribution in [3.63, 3.8) is 0 Å². The first-order valence-electron chi connectivity index (χ1n) is 18.2. The van der Waals surface area contributed by atoms with Crippen LogP contribution >= 0.6 is 0 Å². The van der Waals surface area contributed by atoms with Crippen molar-refractivity contribution in [1.82, 2.24) is 15.0 Å². The summed E-state index contributed by atoms with van der Waals surface area (Å²) in [5.74, 6) is 0. The highest BCUT2D eigenvalue weighted by atomic mass is 14.8. The third-order valence-corrected chi connectivity index (χ3v) is 10.9. The van der Waals surface area contributed by atoms with Gasteiger partial charge in [-0.3, -0.25) is 9.97 Å². The van der Waals surface area contributed by atoms with Gasteiger partial charge in [-0.1, -0.05) is 152 Å². The van der Waals surface area contributed by atoms with Crippen molar-refractivity contribution in [1.29, 1.82) is 0 Å². The van der Waals surface area contributed by atoms with Crippen molar-refractivity contribution in [2.45, 2.75) is 6.42 Å². The van der Waals surface area contributed by atoms with E-state index in [-0.39, 0.29) is 0 Å². The molecule has 11 rings (SSSR count). The summed E-state index contributed by atoms with van der Waals surface area (Å²) in [6.07, 6.45) is 2.71. The molecule has 0 atom stereocenters. The fraction of sp³-hybridized carbons (Fsp3) is 0.0200. The number of benzene rings is 8. The van der Waals surface area contributed by atoms with Crippen LogP contribution in [0.3, 0.4) is 0 Å². The Kier molecular flexibility index (Phi) is 6.62. The van der Waals surface area contributed by atoms with Crippen LogP contribution in [-0.2, 0) is 6.42 Å². The van der Waals surface area contributed by atoms with Gasteiger partial charge in [-0.2, -0.15) is 0 Å². The first kappa shape index (κ1) is 29.7. The molecule has 0 spiro atoms. The van der Waals surface area contributed by atoms with E-state index < -0.39 is 0 Å². The maximum Gasteiger partial charge on any atom is 0.0972 e. The molecule has 0 radical (unpaired) electrons. The molecule has 0 aliphatic heterocycles. The second kappa shape index (κ2) is 11.8. The lowest BCUT2D eigenvalue weighted by Crippen LogP contribution is -2.00. The Morgan fingerprint density at radius 3 is 1.83 bits per heavy atom. The Bertz CT molecular complexity index is 3200. The summed E-state index contributed by atoms with van der Waals surface area (Å²) in [7, 11) is 0. The number of rotatable bonds is 4. The van der Waals surface area contributed by atoms with Crippen LogP contribution in [0.15, 0.2) is 176 Å². The minimum absolute atomic E-state index is 0.666. The van der Waals surface area contributed by atoms with Crippen LogP contribution in [0.4, 0.5) is 0 Å². The molecular formula is C50H31N3. The first-order chi connectivity index (χ1) is 26.3. The molecule has 0 saturated carbocycles. The van der Waals surface area contributed by atoms with Crippen LogP contribution < -0.4 is 0 Å². The summed E-state index contributed by atoms with van der Waals surface area (Å²) in [4.78, 5) is 15.9. The lowest BCUT2D eigenvalue weighted by atomic mass is 9.86. The Hall–Kier alpha value is -6.97. The molecule has 0 bridgehead atoms. The summed E-state index contributed by atoms with van der Waals surface area (Å²) in [5.41, 5.74) is 9.61. The standard InChI is InChI=1S/C50H31N3/c1-2-13-32(14-3-1)47-39-19-8-6-16-36(39)42(37-17-7-9-20-40(37)47)29-46-48-41-26-24-33-25-27-44(35-23-22-31-12-4-5-15-34(31)28-35)53-49(33)50(41)51-30-43(48)38-18-10-11-21-45(38)52-46/h1-28,30H,29H2. The highest BCUT2D eigenvalue weighted by Crippen LogP contribution is 2.42. The molecule has 0 amide bonds. The molecule has 0 unspecified atom stereocenters. The predicted molar refractivity (Wildman–Crippen MR) is 222 cm³/mol. The quantitative estimate of drug-likeness (QED) is 0.138. The summed E-state index contributed by atoms with van der Waals surface area (Å²) in [5, 5.41) is 12.9. The summed E-state index contributed by atoms with van der Waals surface area (Å²) in [6, 6.07) is 60.7. The maximum absolute atomic E-state index is 5.47. The van der Waals surface area contributed by atoms with Gasteiger partial charge in [0, 0.05) is 45.1 Å². The van der Waals surface area contributed by atoms with Crippen molar-refractivity contribution in [2.75, 3.05) is 0 Å². The highest BCUT2D eigenvalue weighted by Gasteiger charge is 2.20. The van der Waals surface area contributed by atoms with Gasteiger partial charge < -0.3 is 0 Å². The maximum atomic E-state index is 5.47. The van der Waals surface area contributed by atoms with E-state index in [0.29, 0.717) is 6.42 Å². The summed E-state index contributed by atoms with van der Waals surface area (Å²) >= 11 is 0. The second-order valence-corrected chi connectivity index (χ2v) is 13.9. The van der Waals surface area contributed by atoms with Crippen LogP contribution in [0.25, 0.3) is 98.2 Å². The lowest BCUT2D eigenvalue weighted by molar-refractivity contribution is 1.15. The van der Waals surface area contributed by atoms with Gasteiger partial charge in [0.25, 0.3) is 0 Å². The monoisotopic (exact) mass is 673 g/mol. The van der Waals surface area contributed by atoms with Crippen LogP contribution in [-0.4, -0.2) is 15.0 Å². The smallest absolute Gasteiger partial charge is 0.0972 e. The van der Waals surface area contributed by atoms with E-state index in [2.05, 4.69) is 170 Å². The molecule has 53 heavy (non-hydrogen) atoms. The van der Waals surface area contributed by atoms with Gasteiger partial charge in [-0.15, -0.1) is 0 Å². The number of hydrogen-bond donors (Lipinski definition) is 0. The van der Waals surface area contributed by atoms with Gasteiger partial charge in [-0.25, -0.2) is 4.98 Å². The fourth-order valence-electron chi connectivity index (χ4n) is 8.49. The van der Waals surface area contributed by atoms with Gasteiger partial charge >= 0.3 is 0 Å². The molecule has 246 valence electrons. The minimum Gasteiger partial charge on any atom is -0.253 e. The minimum atomic E-state index is 0.666. The molecule has 3 heteroatoms. The van der Waals surface area contributed by atoms with E-state index in [0.717, 1.165) is 60.4 Å². The van der Waals surface area contributed by atoms with Gasteiger partial charge in [0.05, 0.1) is 27.9 Å². The number of pyridine rings is 3. The molecule has 0 fully saturated rings. The zero-order chi connectivity index (χ0) is 34.9. The molecule has 11 aromatic rings. The Balaban J connectivity index is 1.18. The van der Waals surface area contributed by atoms with E-state index in [9.17, 15) is 0 Å². The molecule has 0 saturated heterocycles. The number of fused-ring (bicyclic) bond motifs is 10. The van der Waals surface area contributed by atoms with Gasteiger partial charge in [-0.05, 0) is 67.2 Å². The lowest BCUT2D eigenvalue weighted by Gasteiger charge is -2.19. The number of hydrogen-bond acceptors (Lipinski definition) is 3. The van der Waals surface area contributed by atoms with E-state index >= 15 is 0 Å². The van der Waals surface area contributed by atoms with E-state index in [1.807, 2.05) is 6.20 Å². The number of aromatic nitrogens is 3. The molecule has 3 aromatic heterocycles. The molecule has 0 aliphatic carbocycles. The van der Waals surface area contributed by atoms with Crippen molar-refractivity contribution in [3.05, 3.63) is 187 Å². The van der Waals surface area contributed by atoms with Crippen LogP contribution in [0.2, 0.25) is 0 Å². The van der Waals surface area contributed by atoms with Gasteiger partial charge in [0.15, 0.2) is 0 Å². The zero-order valence-electron chi connectivity index (χ0n) is 28.8. The Labute approximate surface area is 305 Å². The molecule has 8 aromatic carbocycles. The van der Waals surface area contributed by atoms with E-state index in [1.165, 1.54) is 49.0 Å². The molecule has 3 heterocycles. The van der Waals surface area contributed by atoms with Crippen LogP contribution in [0.1, 0.15) is 11.3 Å². The molecule has 0 aliphatic rings. The highest BCUT2D eigenvalue weighted by molar-refractivity contribution is 6.21. The third kappa shape index (κ3) is 4.71. The third-order valence-electron chi connectivity index (χ3n) is 10.9. The van der Waals surface area contributed by atoms with Crippen molar-refractivity contribution >= 4 is 75.8 Å². The summed E-state index contributed by atoms with van der Waals surface area (Å²) in [6.45, 7) is 0. The van der Waals surface area contributed by atoms with Crippen molar-refractivity contribution in [3.8, 4) is 22.4 Å². The zero-order valence-corrected chi connectivity index (χ0v) is 28.8. The largest absolute Gasteiger partial charge is 0.253 e.